The Morgan fingerprint density at radius 2 is 2.00 bits per heavy atom. The van der Waals surface area contributed by atoms with Gasteiger partial charge in [0.15, 0.2) is 0 Å². The molecule has 5 heteroatoms. The van der Waals surface area contributed by atoms with E-state index in [1.165, 1.54) is 19.1 Å². The molecule has 1 fully saturated rings. The third-order valence-corrected chi connectivity index (χ3v) is 3.56. The normalized spacial score (nSPS) is 29.2. The molecule has 1 saturated carbocycles. The second-order valence-corrected chi connectivity index (χ2v) is 5.30. The first-order valence-corrected chi connectivity index (χ1v) is 5.91. The highest BCUT2D eigenvalue weighted by molar-refractivity contribution is 5.90. The van der Waals surface area contributed by atoms with E-state index in [-0.39, 0.29) is 17.9 Å². The van der Waals surface area contributed by atoms with Gasteiger partial charge in [-0.2, -0.15) is 0 Å². The second-order valence-electron chi connectivity index (χ2n) is 5.30. The number of aliphatic carboxylic acids is 2. The van der Waals surface area contributed by atoms with Crippen LogP contribution in [0.2, 0.25) is 0 Å². The van der Waals surface area contributed by atoms with E-state index in [1.807, 2.05) is 0 Å². The van der Waals surface area contributed by atoms with Gasteiger partial charge in [-0.25, -0.2) is 4.79 Å². The van der Waals surface area contributed by atoms with Crippen molar-refractivity contribution in [3.63, 3.8) is 0 Å². The molecule has 2 atom stereocenters. The molecule has 3 N–H and O–H groups in total. The lowest BCUT2D eigenvalue weighted by Crippen LogP contribution is -2.31. The fraction of sp³-hybridized carbons (Fsp3) is 0.538. The summed E-state index contributed by atoms with van der Waals surface area (Å²) in [7, 11) is 0. The van der Waals surface area contributed by atoms with Crippen LogP contribution in [-0.2, 0) is 9.59 Å². The van der Waals surface area contributed by atoms with Gasteiger partial charge in [0, 0.05) is 5.57 Å². The van der Waals surface area contributed by atoms with Gasteiger partial charge in [0.25, 0.3) is 0 Å². The van der Waals surface area contributed by atoms with Gasteiger partial charge in [-0.15, -0.1) is 0 Å². The molecular formula is C13H16O5. The largest absolute Gasteiger partial charge is 0.481 e. The molecule has 0 aliphatic heterocycles. The van der Waals surface area contributed by atoms with Crippen LogP contribution in [0.4, 0.5) is 0 Å². The molecule has 5 nitrogen and oxygen atoms in total. The smallest absolute Gasteiger partial charge is 0.331 e. The van der Waals surface area contributed by atoms with Crippen LogP contribution >= 0.6 is 0 Å². The van der Waals surface area contributed by atoms with Crippen molar-refractivity contribution in [1.29, 1.82) is 0 Å². The first-order valence-electron chi connectivity index (χ1n) is 5.91. The molecule has 0 radical (unpaired) electrons. The van der Waals surface area contributed by atoms with Gasteiger partial charge in [0.1, 0.15) is 0 Å². The van der Waals surface area contributed by atoms with Crippen molar-refractivity contribution in [1.82, 2.24) is 0 Å². The average molecular weight is 252 g/mol. The lowest BCUT2D eigenvalue weighted by Gasteiger charge is -2.28. The number of hydrogen-bond donors (Lipinski definition) is 3. The van der Waals surface area contributed by atoms with Gasteiger partial charge >= 0.3 is 11.9 Å². The molecule has 0 aromatic rings. The molecule has 0 heterocycles. The predicted octanol–water partition coefficient (Wildman–Crippen LogP) is 1.19. The van der Waals surface area contributed by atoms with E-state index in [0.29, 0.717) is 5.57 Å². The summed E-state index contributed by atoms with van der Waals surface area (Å²) in [6.07, 6.45) is 3.90. The van der Waals surface area contributed by atoms with E-state index >= 15 is 0 Å². The minimum atomic E-state index is -1.26. The highest BCUT2D eigenvalue weighted by atomic mass is 16.4. The fourth-order valence-corrected chi connectivity index (χ4v) is 2.24. The zero-order chi connectivity index (χ0) is 13.5. The summed E-state index contributed by atoms with van der Waals surface area (Å²) in [5.41, 5.74) is -0.795. The molecule has 0 bridgehead atoms. The summed E-state index contributed by atoms with van der Waals surface area (Å²) in [5.74, 6) is -2.07. The monoisotopic (exact) mass is 252 g/mol. The maximum absolute atomic E-state index is 11.3. The Morgan fingerprint density at radius 3 is 2.44 bits per heavy atom. The Bertz CT molecular complexity index is 458. The summed E-state index contributed by atoms with van der Waals surface area (Å²) >= 11 is 0. The Hall–Kier alpha value is -1.62. The maximum atomic E-state index is 11.3. The summed E-state index contributed by atoms with van der Waals surface area (Å²) in [6.45, 7) is 1.48. The van der Waals surface area contributed by atoms with Crippen LogP contribution in [0.25, 0.3) is 0 Å². The summed E-state index contributed by atoms with van der Waals surface area (Å²) in [4.78, 5) is 22.3. The number of aliphatic hydroxyl groups is 1. The van der Waals surface area contributed by atoms with Crippen LogP contribution in [0, 0.1) is 11.3 Å². The minimum absolute atomic E-state index is 0.0390. The molecular weight excluding hydrogens is 236 g/mol. The zero-order valence-electron chi connectivity index (χ0n) is 10.1. The minimum Gasteiger partial charge on any atom is -0.481 e. The Kier molecular flexibility index (Phi) is 3.02. The Balaban J connectivity index is 2.36. The van der Waals surface area contributed by atoms with E-state index in [4.69, 9.17) is 5.11 Å². The van der Waals surface area contributed by atoms with Gasteiger partial charge < -0.3 is 15.3 Å². The molecule has 0 amide bonds. The lowest BCUT2D eigenvalue weighted by atomic mass is 9.76. The van der Waals surface area contributed by atoms with Crippen molar-refractivity contribution in [2.75, 3.05) is 0 Å². The molecule has 0 spiro atoms. The van der Waals surface area contributed by atoms with Gasteiger partial charge in [-0.1, -0.05) is 6.08 Å². The van der Waals surface area contributed by atoms with E-state index in [1.54, 1.807) is 0 Å². The van der Waals surface area contributed by atoms with E-state index in [2.05, 4.69) is 0 Å². The highest BCUT2D eigenvalue weighted by Gasteiger charge is 2.40. The van der Waals surface area contributed by atoms with Crippen molar-refractivity contribution in [2.45, 2.75) is 32.3 Å². The van der Waals surface area contributed by atoms with Gasteiger partial charge in [0.05, 0.1) is 11.5 Å². The lowest BCUT2D eigenvalue weighted by molar-refractivity contribution is -0.145. The number of aliphatic hydroxyl groups excluding tert-OH is 1. The summed E-state index contributed by atoms with van der Waals surface area (Å²) in [6, 6.07) is 0. The zero-order valence-corrected chi connectivity index (χ0v) is 10.1. The third-order valence-electron chi connectivity index (χ3n) is 3.56. The highest BCUT2D eigenvalue weighted by Crippen LogP contribution is 2.41. The topological polar surface area (TPSA) is 94.8 Å². The summed E-state index contributed by atoms with van der Waals surface area (Å²) in [5, 5.41) is 28.3. The summed E-state index contributed by atoms with van der Waals surface area (Å²) < 4.78 is 0. The molecule has 0 saturated heterocycles. The van der Waals surface area contributed by atoms with Crippen LogP contribution in [-0.4, -0.2) is 33.4 Å². The van der Waals surface area contributed by atoms with Crippen molar-refractivity contribution in [3.8, 4) is 0 Å². The number of carbonyl (C=O) groups is 2. The maximum Gasteiger partial charge on any atom is 0.331 e. The van der Waals surface area contributed by atoms with Crippen molar-refractivity contribution in [2.24, 2.45) is 11.3 Å². The van der Waals surface area contributed by atoms with Gasteiger partial charge in [-0.3, -0.25) is 4.79 Å². The molecule has 2 rings (SSSR count). The quantitative estimate of drug-likeness (QED) is 0.698. The van der Waals surface area contributed by atoms with Crippen LogP contribution in [0.5, 0.6) is 0 Å². The van der Waals surface area contributed by atoms with E-state index < -0.39 is 23.5 Å². The first-order chi connectivity index (χ1) is 8.33. The predicted molar refractivity (Wildman–Crippen MR) is 62.9 cm³/mol. The fourth-order valence-electron chi connectivity index (χ4n) is 2.24. The molecule has 2 aliphatic rings. The van der Waals surface area contributed by atoms with Crippen LogP contribution in [0.3, 0.4) is 0 Å². The molecule has 18 heavy (non-hydrogen) atoms. The standard InChI is InChI=1S/C13H16O5/c1-13(12(17)18)5-8(10(14)7-2-3-7)4-9(6-13)11(15)16/h4-5,7,10,14H,2-3,6H2,1H3,(H,15,16)(H,17,18). The van der Waals surface area contributed by atoms with Crippen LogP contribution < -0.4 is 0 Å². The number of hydrogen-bond acceptors (Lipinski definition) is 3. The number of carboxylic acid groups (broad SMARTS) is 2. The number of carboxylic acids is 2. The van der Waals surface area contributed by atoms with Crippen LogP contribution in [0.15, 0.2) is 23.3 Å². The molecule has 2 unspecified atom stereocenters. The van der Waals surface area contributed by atoms with Crippen molar-refractivity contribution in [3.05, 3.63) is 23.3 Å². The van der Waals surface area contributed by atoms with Crippen molar-refractivity contribution >= 4 is 11.9 Å². The SMILES string of the molecule is CC1(C(=O)O)C=C(C(O)C2CC2)C=C(C(=O)O)C1. The Labute approximate surface area is 104 Å². The average Bonchev–Trinajstić information content (AvgIpc) is 3.10. The molecule has 2 aliphatic carbocycles. The van der Waals surface area contributed by atoms with E-state index in [9.17, 15) is 19.8 Å². The number of rotatable bonds is 4. The molecule has 98 valence electrons. The van der Waals surface area contributed by atoms with Gasteiger partial charge in [0.2, 0.25) is 0 Å². The first kappa shape index (κ1) is 12.8. The van der Waals surface area contributed by atoms with Crippen LogP contribution in [0.1, 0.15) is 26.2 Å². The second kappa shape index (κ2) is 4.24. The molecule has 0 aromatic carbocycles. The third kappa shape index (κ3) is 2.31. The Morgan fingerprint density at radius 1 is 1.39 bits per heavy atom. The van der Waals surface area contributed by atoms with E-state index in [0.717, 1.165) is 12.8 Å². The molecule has 0 aromatic heterocycles. The van der Waals surface area contributed by atoms with Crippen molar-refractivity contribution < 1.29 is 24.9 Å². The van der Waals surface area contributed by atoms with Gasteiger partial charge in [-0.05, 0) is 43.8 Å².